The van der Waals surface area contributed by atoms with Gasteiger partial charge in [0.15, 0.2) is 0 Å². The molecule has 1 aromatic carbocycles. The van der Waals surface area contributed by atoms with E-state index in [0.717, 1.165) is 15.4 Å². The summed E-state index contributed by atoms with van der Waals surface area (Å²) >= 11 is 0. The van der Waals surface area contributed by atoms with Gasteiger partial charge in [-0.1, -0.05) is 24.3 Å². The number of rotatable bonds is 7. The number of hydrogen-bond donors (Lipinski definition) is 1. The molecule has 0 spiro atoms. The zero-order chi connectivity index (χ0) is 16.1. The Bertz CT molecular complexity index is 559. The standard InChI is InChI=1S/C13H19F3N2O2S/c1-18(10-12-6-3-2-5-11(12)9-17)21(19,20)8-4-7-13(14,15)16/h2-3,5-6H,4,7-10,17H2,1H3. The number of nitrogens with zero attached hydrogens (tertiary/aromatic N) is 1. The zero-order valence-electron chi connectivity index (χ0n) is 11.7. The Morgan fingerprint density at radius 3 is 2.29 bits per heavy atom. The summed E-state index contributed by atoms with van der Waals surface area (Å²) in [5.74, 6) is -0.520. The van der Waals surface area contributed by atoms with E-state index >= 15 is 0 Å². The molecule has 0 fully saturated rings. The lowest BCUT2D eigenvalue weighted by atomic mass is 10.1. The van der Waals surface area contributed by atoms with E-state index in [1.807, 2.05) is 0 Å². The topological polar surface area (TPSA) is 63.4 Å². The van der Waals surface area contributed by atoms with E-state index < -0.39 is 34.8 Å². The summed E-state index contributed by atoms with van der Waals surface area (Å²) in [5, 5.41) is 0. The van der Waals surface area contributed by atoms with E-state index in [1.54, 1.807) is 24.3 Å². The minimum Gasteiger partial charge on any atom is -0.326 e. The van der Waals surface area contributed by atoms with Crippen molar-refractivity contribution in [1.29, 1.82) is 0 Å². The third-order valence-electron chi connectivity index (χ3n) is 3.07. The van der Waals surface area contributed by atoms with Crippen molar-refractivity contribution >= 4 is 10.0 Å². The van der Waals surface area contributed by atoms with Crippen molar-refractivity contribution in [3.63, 3.8) is 0 Å². The minimum absolute atomic E-state index is 0.0989. The highest BCUT2D eigenvalue weighted by Crippen LogP contribution is 2.22. The molecule has 0 radical (unpaired) electrons. The van der Waals surface area contributed by atoms with Crippen LogP contribution in [0.25, 0.3) is 0 Å². The van der Waals surface area contributed by atoms with Crippen molar-refractivity contribution < 1.29 is 21.6 Å². The highest BCUT2D eigenvalue weighted by Gasteiger charge is 2.28. The zero-order valence-corrected chi connectivity index (χ0v) is 12.5. The van der Waals surface area contributed by atoms with Crippen LogP contribution in [0.15, 0.2) is 24.3 Å². The van der Waals surface area contributed by atoms with Crippen LogP contribution in [-0.4, -0.2) is 31.7 Å². The smallest absolute Gasteiger partial charge is 0.326 e. The predicted octanol–water partition coefficient (Wildman–Crippen LogP) is 2.25. The van der Waals surface area contributed by atoms with Crippen molar-refractivity contribution in [3.05, 3.63) is 35.4 Å². The second kappa shape index (κ2) is 7.24. The van der Waals surface area contributed by atoms with Crippen molar-refractivity contribution in [2.75, 3.05) is 12.8 Å². The van der Waals surface area contributed by atoms with Crippen LogP contribution in [0.5, 0.6) is 0 Å². The fourth-order valence-electron chi connectivity index (χ4n) is 1.86. The maximum atomic E-state index is 12.1. The lowest BCUT2D eigenvalue weighted by Gasteiger charge is -2.19. The summed E-state index contributed by atoms with van der Waals surface area (Å²) in [4.78, 5) is 0. The first-order valence-corrected chi connectivity index (χ1v) is 8.04. The second-order valence-corrected chi connectivity index (χ2v) is 6.96. The van der Waals surface area contributed by atoms with Gasteiger partial charge in [-0.3, -0.25) is 0 Å². The van der Waals surface area contributed by atoms with Gasteiger partial charge in [-0.25, -0.2) is 12.7 Å². The van der Waals surface area contributed by atoms with Gasteiger partial charge in [-0.2, -0.15) is 13.2 Å². The lowest BCUT2D eigenvalue weighted by Crippen LogP contribution is -2.30. The highest BCUT2D eigenvalue weighted by atomic mass is 32.2. The van der Waals surface area contributed by atoms with Crippen molar-refractivity contribution in [1.82, 2.24) is 4.31 Å². The van der Waals surface area contributed by atoms with Gasteiger partial charge in [0.05, 0.1) is 5.75 Å². The Kier molecular flexibility index (Phi) is 6.18. The maximum absolute atomic E-state index is 12.1. The summed E-state index contributed by atoms with van der Waals surface area (Å²) < 4.78 is 61.1. The number of sulfonamides is 1. The van der Waals surface area contributed by atoms with Gasteiger partial charge < -0.3 is 5.73 Å². The van der Waals surface area contributed by atoms with E-state index in [2.05, 4.69) is 0 Å². The molecular formula is C13H19F3N2O2S. The Labute approximate surface area is 122 Å². The monoisotopic (exact) mass is 324 g/mol. The van der Waals surface area contributed by atoms with E-state index in [4.69, 9.17) is 5.73 Å². The van der Waals surface area contributed by atoms with E-state index in [0.29, 0.717) is 0 Å². The first-order chi connectivity index (χ1) is 9.65. The summed E-state index contributed by atoms with van der Waals surface area (Å²) in [6.45, 7) is 0.375. The number of benzene rings is 1. The minimum atomic E-state index is -4.33. The van der Waals surface area contributed by atoms with Crippen LogP contribution in [0, 0.1) is 0 Å². The van der Waals surface area contributed by atoms with Gasteiger partial charge in [-0.15, -0.1) is 0 Å². The maximum Gasteiger partial charge on any atom is 0.389 e. The molecule has 2 N–H and O–H groups in total. The molecule has 0 saturated heterocycles. The first-order valence-electron chi connectivity index (χ1n) is 6.43. The average molecular weight is 324 g/mol. The Morgan fingerprint density at radius 2 is 1.76 bits per heavy atom. The lowest BCUT2D eigenvalue weighted by molar-refractivity contribution is -0.134. The molecule has 0 unspecified atom stereocenters. The molecule has 1 rings (SSSR count). The molecular weight excluding hydrogens is 305 g/mol. The van der Waals surface area contributed by atoms with Gasteiger partial charge in [0.25, 0.3) is 0 Å². The highest BCUT2D eigenvalue weighted by molar-refractivity contribution is 7.89. The van der Waals surface area contributed by atoms with E-state index in [-0.39, 0.29) is 13.1 Å². The number of alkyl halides is 3. The molecule has 21 heavy (non-hydrogen) atoms. The fraction of sp³-hybridized carbons (Fsp3) is 0.538. The van der Waals surface area contributed by atoms with Crippen LogP contribution in [0.2, 0.25) is 0 Å². The molecule has 0 saturated carbocycles. The quantitative estimate of drug-likeness (QED) is 0.837. The third-order valence-corrected chi connectivity index (χ3v) is 4.95. The SMILES string of the molecule is CN(Cc1ccccc1CN)S(=O)(=O)CCCC(F)(F)F. The average Bonchev–Trinajstić information content (AvgIpc) is 2.37. The number of hydrogen-bond acceptors (Lipinski definition) is 3. The predicted molar refractivity (Wildman–Crippen MR) is 74.9 cm³/mol. The molecule has 120 valence electrons. The molecule has 0 aromatic heterocycles. The van der Waals surface area contributed by atoms with Crippen molar-refractivity contribution in [3.8, 4) is 0 Å². The van der Waals surface area contributed by atoms with Gasteiger partial charge in [0, 0.05) is 26.6 Å². The van der Waals surface area contributed by atoms with E-state index in [9.17, 15) is 21.6 Å². The van der Waals surface area contributed by atoms with Crippen LogP contribution in [0.1, 0.15) is 24.0 Å². The molecule has 0 bridgehead atoms. The number of nitrogens with two attached hydrogens (primary N) is 1. The summed E-state index contributed by atoms with van der Waals surface area (Å²) in [6.07, 6.45) is -5.87. The molecule has 0 aliphatic carbocycles. The van der Waals surface area contributed by atoms with Crippen molar-refractivity contribution in [2.24, 2.45) is 5.73 Å². The molecule has 8 heteroatoms. The third kappa shape index (κ3) is 6.03. The summed E-state index contributed by atoms with van der Waals surface area (Å²) in [5.41, 5.74) is 7.14. The molecule has 0 heterocycles. The molecule has 1 aromatic rings. The van der Waals surface area contributed by atoms with Crippen LogP contribution in [0.3, 0.4) is 0 Å². The van der Waals surface area contributed by atoms with Crippen LogP contribution >= 0.6 is 0 Å². The molecule has 4 nitrogen and oxygen atoms in total. The van der Waals surface area contributed by atoms with Crippen LogP contribution < -0.4 is 5.73 Å². The summed E-state index contributed by atoms with van der Waals surface area (Å²) in [7, 11) is -2.36. The number of halogens is 3. The van der Waals surface area contributed by atoms with Crippen LogP contribution in [-0.2, 0) is 23.1 Å². The van der Waals surface area contributed by atoms with Gasteiger partial charge in [-0.05, 0) is 17.5 Å². The largest absolute Gasteiger partial charge is 0.389 e. The van der Waals surface area contributed by atoms with E-state index in [1.165, 1.54) is 7.05 Å². The molecule has 0 amide bonds. The Morgan fingerprint density at radius 1 is 1.19 bits per heavy atom. The second-order valence-electron chi connectivity index (χ2n) is 4.76. The summed E-state index contributed by atoms with van der Waals surface area (Å²) in [6, 6.07) is 7.10. The Balaban J connectivity index is 2.67. The Hall–Kier alpha value is -1.12. The normalized spacial score (nSPS) is 12.9. The van der Waals surface area contributed by atoms with Gasteiger partial charge >= 0.3 is 6.18 Å². The molecule has 0 atom stereocenters. The van der Waals surface area contributed by atoms with Gasteiger partial charge in [0.2, 0.25) is 10.0 Å². The van der Waals surface area contributed by atoms with Crippen LogP contribution in [0.4, 0.5) is 13.2 Å². The molecule has 0 aliphatic heterocycles. The first kappa shape index (κ1) is 17.9. The molecule has 0 aliphatic rings. The van der Waals surface area contributed by atoms with Crippen molar-refractivity contribution in [2.45, 2.75) is 32.1 Å². The fourth-order valence-corrected chi connectivity index (χ4v) is 3.02. The van der Waals surface area contributed by atoms with Gasteiger partial charge in [0.1, 0.15) is 0 Å².